The summed E-state index contributed by atoms with van der Waals surface area (Å²) in [7, 11) is 0. The molecule has 136 valence electrons. The molecule has 0 aromatic heterocycles. The molecule has 0 amide bonds. The second-order valence-corrected chi connectivity index (χ2v) is 5.89. The maximum Gasteiger partial charge on any atom is 0.416 e. The van der Waals surface area contributed by atoms with Crippen LogP contribution in [0.4, 0.5) is 13.2 Å². The van der Waals surface area contributed by atoms with E-state index in [0.29, 0.717) is 18.5 Å². The summed E-state index contributed by atoms with van der Waals surface area (Å²) in [5.41, 5.74) is -0.244. The number of carbonyl (C=O) groups is 1. The van der Waals surface area contributed by atoms with Crippen molar-refractivity contribution < 1.29 is 22.7 Å². The predicted octanol–water partition coefficient (Wildman–Crippen LogP) is 3.84. The molecule has 0 saturated carbocycles. The summed E-state index contributed by atoms with van der Waals surface area (Å²) in [4.78, 5) is 12.5. The number of hydrogen-bond donors (Lipinski definition) is 2. The summed E-state index contributed by atoms with van der Waals surface area (Å²) in [5, 5.41) is 5.85. The maximum atomic E-state index is 13.4. The van der Waals surface area contributed by atoms with E-state index in [0.717, 1.165) is 6.07 Å². The Balaban J connectivity index is 2.63. The van der Waals surface area contributed by atoms with Crippen molar-refractivity contribution >= 4 is 23.3 Å². The fourth-order valence-corrected chi connectivity index (χ4v) is 3.00. The topological polar surface area (TPSA) is 50.4 Å². The molecule has 1 aliphatic rings. The number of hydrogen-bond acceptors (Lipinski definition) is 3. The second kappa shape index (κ2) is 7.86. The third kappa shape index (κ3) is 4.31. The summed E-state index contributed by atoms with van der Waals surface area (Å²) in [6.45, 7) is 3.67. The summed E-state index contributed by atoms with van der Waals surface area (Å²) >= 11 is 5.13. The van der Waals surface area contributed by atoms with Gasteiger partial charge >= 0.3 is 12.1 Å². The van der Waals surface area contributed by atoms with Gasteiger partial charge in [-0.15, -0.1) is 0 Å². The van der Waals surface area contributed by atoms with Gasteiger partial charge in [0.25, 0.3) is 0 Å². The van der Waals surface area contributed by atoms with E-state index < -0.39 is 23.8 Å². The highest BCUT2D eigenvalue weighted by Crippen LogP contribution is 2.38. The highest BCUT2D eigenvalue weighted by atomic mass is 32.1. The molecule has 0 spiro atoms. The number of allylic oxidation sites excluding steroid dienone is 1. The summed E-state index contributed by atoms with van der Waals surface area (Å²) < 4.78 is 45.3. The molecule has 0 bridgehead atoms. The zero-order valence-corrected chi connectivity index (χ0v) is 14.7. The number of esters is 1. The molecular weight excluding hydrogens is 353 g/mol. The molecule has 2 N–H and O–H groups in total. The quantitative estimate of drug-likeness (QED) is 0.608. The number of thiocarbonyl (C=S) groups is 1. The van der Waals surface area contributed by atoms with Gasteiger partial charge in [-0.2, -0.15) is 13.2 Å². The molecule has 0 fully saturated rings. The van der Waals surface area contributed by atoms with Crippen LogP contribution in [0, 0.1) is 0 Å². The van der Waals surface area contributed by atoms with Crippen LogP contribution in [0.1, 0.15) is 43.9 Å². The average Bonchev–Trinajstić information content (AvgIpc) is 2.54. The zero-order chi connectivity index (χ0) is 18.6. The normalized spacial score (nSPS) is 17.8. The van der Waals surface area contributed by atoms with Gasteiger partial charge in [-0.1, -0.05) is 31.5 Å². The molecule has 0 saturated heterocycles. The average molecular weight is 372 g/mol. The van der Waals surface area contributed by atoms with Crippen LogP contribution in [-0.2, 0) is 15.7 Å². The smallest absolute Gasteiger partial charge is 0.416 e. The first-order valence-electron chi connectivity index (χ1n) is 7.93. The van der Waals surface area contributed by atoms with Crippen LogP contribution in [0.2, 0.25) is 0 Å². The summed E-state index contributed by atoms with van der Waals surface area (Å²) in [6, 6.07) is 4.13. The van der Waals surface area contributed by atoms with E-state index in [1.54, 1.807) is 6.92 Å². The van der Waals surface area contributed by atoms with Crippen LogP contribution in [0.3, 0.4) is 0 Å². The Labute approximate surface area is 149 Å². The minimum atomic E-state index is -4.55. The van der Waals surface area contributed by atoms with E-state index in [-0.39, 0.29) is 22.9 Å². The Morgan fingerprint density at radius 1 is 1.28 bits per heavy atom. The van der Waals surface area contributed by atoms with Crippen LogP contribution in [0.5, 0.6) is 0 Å². The molecule has 25 heavy (non-hydrogen) atoms. The number of ether oxygens (including phenoxy) is 1. The third-order valence-electron chi connectivity index (χ3n) is 3.73. The van der Waals surface area contributed by atoms with E-state index >= 15 is 0 Å². The van der Waals surface area contributed by atoms with Crippen LogP contribution in [0.25, 0.3) is 0 Å². The Hall–Kier alpha value is -2.09. The van der Waals surface area contributed by atoms with Gasteiger partial charge < -0.3 is 15.4 Å². The number of alkyl halides is 3. The van der Waals surface area contributed by atoms with Crippen LogP contribution < -0.4 is 10.6 Å². The van der Waals surface area contributed by atoms with Gasteiger partial charge in [0, 0.05) is 5.70 Å². The van der Waals surface area contributed by atoms with Crippen molar-refractivity contribution in [2.45, 2.75) is 38.9 Å². The first-order chi connectivity index (χ1) is 11.8. The van der Waals surface area contributed by atoms with Gasteiger partial charge in [-0.05, 0) is 37.2 Å². The Morgan fingerprint density at radius 3 is 2.56 bits per heavy atom. The first kappa shape index (κ1) is 19.2. The zero-order valence-electron chi connectivity index (χ0n) is 13.9. The highest BCUT2D eigenvalue weighted by Gasteiger charge is 2.39. The largest absolute Gasteiger partial charge is 0.463 e. The van der Waals surface area contributed by atoms with Gasteiger partial charge in [-0.3, -0.25) is 0 Å². The van der Waals surface area contributed by atoms with Crippen molar-refractivity contribution in [1.29, 1.82) is 0 Å². The molecule has 1 aromatic carbocycles. The van der Waals surface area contributed by atoms with Crippen molar-refractivity contribution in [3.63, 3.8) is 0 Å². The van der Waals surface area contributed by atoms with Crippen LogP contribution in [-0.4, -0.2) is 17.7 Å². The lowest BCUT2D eigenvalue weighted by Gasteiger charge is -2.32. The highest BCUT2D eigenvalue weighted by molar-refractivity contribution is 7.80. The minimum Gasteiger partial charge on any atom is -0.463 e. The molecule has 1 aromatic rings. The molecular formula is C17H19F3N2O2S. The Kier molecular flexibility index (Phi) is 6.05. The van der Waals surface area contributed by atoms with Gasteiger partial charge in [0.1, 0.15) is 0 Å². The van der Waals surface area contributed by atoms with Crippen molar-refractivity contribution in [1.82, 2.24) is 10.6 Å². The van der Waals surface area contributed by atoms with E-state index in [1.807, 2.05) is 6.92 Å². The maximum absolute atomic E-state index is 13.4. The van der Waals surface area contributed by atoms with Gasteiger partial charge in [-0.25, -0.2) is 4.79 Å². The van der Waals surface area contributed by atoms with Crippen LogP contribution in [0.15, 0.2) is 35.5 Å². The standard InChI is InChI=1S/C17H19F3N2O2S/c1-3-7-12-13(15(23)24-4-2)14(22-16(25)21-12)10-8-5-6-9-11(10)17(18,19)20/h5-6,8-9,14H,3-4,7H2,1-2H3,(H2,21,22,25). The van der Waals surface area contributed by atoms with Crippen molar-refractivity contribution in [3.8, 4) is 0 Å². The van der Waals surface area contributed by atoms with E-state index in [1.165, 1.54) is 18.2 Å². The van der Waals surface area contributed by atoms with Crippen molar-refractivity contribution in [3.05, 3.63) is 46.7 Å². The number of benzene rings is 1. The monoisotopic (exact) mass is 372 g/mol. The molecule has 1 aliphatic heterocycles. The summed E-state index contributed by atoms with van der Waals surface area (Å²) in [6.07, 6.45) is -3.38. The molecule has 0 radical (unpaired) electrons. The fourth-order valence-electron chi connectivity index (χ4n) is 2.76. The lowest BCUT2D eigenvalue weighted by molar-refractivity contribution is -0.141. The minimum absolute atomic E-state index is 0.0597. The van der Waals surface area contributed by atoms with Crippen molar-refractivity contribution in [2.75, 3.05) is 6.61 Å². The van der Waals surface area contributed by atoms with Crippen molar-refractivity contribution in [2.24, 2.45) is 0 Å². The number of rotatable bonds is 5. The molecule has 8 heteroatoms. The van der Waals surface area contributed by atoms with E-state index in [4.69, 9.17) is 17.0 Å². The van der Waals surface area contributed by atoms with Gasteiger partial charge in [0.05, 0.1) is 23.8 Å². The predicted molar refractivity (Wildman–Crippen MR) is 91.6 cm³/mol. The lowest BCUT2D eigenvalue weighted by atomic mass is 9.90. The number of nitrogens with one attached hydrogen (secondary N) is 2. The lowest BCUT2D eigenvalue weighted by Crippen LogP contribution is -2.46. The number of carbonyl (C=O) groups excluding carboxylic acids is 1. The van der Waals surface area contributed by atoms with Crippen LogP contribution >= 0.6 is 12.2 Å². The van der Waals surface area contributed by atoms with Gasteiger partial charge in [0.2, 0.25) is 0 Å². The second-order valence-electron chi connectivity index (χ2n) is 5.48. The molecule has 2 rings (SSSR count). The molecule has 4 nitrogen and oxygen atoms in total. The number of halogens is 3. The Morgan fingerprint density at radius 2 is 1.96 bits per heavy atom. The SMILES string of the molecule is CCCC1=C(C(=O)OCC)C(c2ccccc2C(F)(F)F)NC(=S)N1. The Bertz CT molecular complexity index is 701. The molecule has 1 atom stereocenters. The molecule has 1 heterocycles. The third-order valence-corrected chi connectivity index (χ3v) is 3.95. The first-order valence-corrected chi connectivity index (χ1v) is 8.34. The fraction of sp³-hybridized carbons (Fsp3) is 0.412. The molecule has 0 aliphatic carbocycles. The van der Waals surface area contributed by atoms with E-state index in [9.17, 15) is 18.0 Å². The molecule has 1 unspecified atom stereocenters. The van der Waals surface area contributed by atoms with Gasteiger partial charge in [0.15, 0.2) is 5.11 Å². The van der Waals surface area contributed by atoms with E-state index in [2.05, 4.69) is 10.6 Å². The summed E-state index contributed by atoms with van der Waals surface area (Å²) in [5.74, 6) is -0.657.